The Balaban J connectivity index is 1.93. The molecule has 2 unspecified atom stereocenters. The van der Waals surface area contributed by atoms with E-state index in [0.29, 0.717) is 6.54 Å². The molecule has 0 bridgehead atoms. The lowest BCUT2D eigenvalue weighted by molar-refractivity contribution is -0.167. The van der Waals surface area contributed by atoms with Crippen LogP contribution in [-0.2, 0) is 0 Å². The van der Waals surface area contributed by atoms with Gasteiger partial charge in [0, 0.05) is 12.6 Å². The molecule has 94 valence electrons. The maximum absolute atomic E-state index is 12.7. The topological polar surface area (TPSA) is 38.0 Å². The van der Waals surface area contributed by atoms with E-state index in [9.17, 15) is 13.2 Å². The number of halogens is 3. The molecule has 0 aliphatic heterocycles. The SMILES string of the molecule is CC1(CNC2(C(F)(F)F)CC2)CCCC1N. The summed E-state index contributed by atoms with van der Waals surface area (Å²) in [4.78, 5) is 0. The molecule has 2 saturated carbocycles. The molecule has 0 spiro atoms. The first-order chi connectivity index (χ1) is 7.29. The molecule has 0 aromatic heterocycles. The number of nitrogens with two attached hydrogens (primary N) is 1. The molecule has 2 rings (SSSR count). The van der Waals surface area contributed by atoms with Crippen molar-refractivity contribution >= 4 is 0 Å². The molecule has 2 atom stereocenters. The molecule has 2 aliphatic rings. The summed E-state index contributed by atoms with van der Waals surface area (Å²) in [5.41, 5.74) is 4.19. The largest absolute Gasteiger partial charge is 0.406 e. The van der Waals surface area contributed by atoms with Crippen molar-refractivity contribution in [1.82, 2.24) is 5.32 Å². The highest BCUT2D eigenvalue weighted by molar-refractivity contribution is 5.09. The highest BCUT2D eigenvalue weighted by atomic mass is 19.4. The van der Waals surface area contributed by atoms with E-state index in [1.54, 1.807) is 0 Å². The zero-order valence-electron chi connectivity index (χ0n) is 9.53. The standard InChI is InChI=1S/C11H19F3N2/c1-9(4-2-3-8(9)15)7-16-10(5-6-10)11(12,13)14/h8,16H,2-7,15H2,1H3. The van der Waals surface area contributed by atoms with Gasteiger partial charge in [-0.1, -0.05) is 13.3 Å². The lowest BCUT2D eigenvalue weighted by atomic mass is 9.85. The predicted octanol–water partition coefficient (Wildman–Crippen LogP) is 2.19. The number of hydrogen-bond donors (Lipinski definition) is 2. The maximum Gasteiger partial charge on any atom is 0.406 e. The van der Waals surface area contributed by atoms with Crippen molar-refractivity contribution in [3.8, 4) is 0 Å². The molecule has 0 aromatic rings. The smallest absolute Gasteiger partial charge is 0.327 e. The highest BCUT2D eigenvalue weighted by Crippen LogP contribution is 2.49. The molecule has 5 heteroatoms. The van der Waals surface area contributed by atoms with Crippen molar-refractivity contribution in [1.29, 1.82) is 0 Å². The molecular formula is C11H19F3N2. The van der Waals surface area contributed by atoms with Gasteiger partial charge >= 0.3 is 6.18 Å². The molecule has 3 N–H and O–H groups in total. The Labute approximate surface area is 93.8 Å². The lowest BCUT2D eigenvalue weighted by Crippen LogP contribution is -2.51. The minimum Gasteiger partial charge on any atom is -0.327 e. The summed E-state index contributed by atoms with van der Waals surface area (Å²) in [6.07, 6.45) is -0.819. The Kier molecular flexibility index (Phi) is 2.74. The summed E-state index contributed by atoms with van der Waals surface area (Å²) in [7, 11) is 0. The lowest BCUT2D eigenvalue weighted by Gasteiger charge is -2.32. The summed E-state index contributed by atoms with van der Waals surface area (Å²) in [5.74, 6) is 0. The first-order valence-corrected chi connectivity index (χ1v) is 5.86. The molecule has 0 saturated heterocycles. The van der Waals surface area contributed by atoms with E-state index in [0.717, 1.165) is 19.3 Å². The van der Waals surface area contributed by atoms with Crippen LogP contribution in [0.3, 0.4) is 0 Å². The van der Waals surface area contributed by atoms with Gasteiger partial charge in [0.25, 0.3) is 0 Å². The van der Waals surface area contributed by atoms with Gasteiger partial charge in [-0.3, -0.25) is 0 Å². The third-order valence-corrected chi connectivity index (χ3v) is 4.28. The van der Waals surface area contributed by atoms with Gasteiger partial charge in [0.15, 0.2) is 0 Å². The van der Waals surface area contributed by atoms with Crippen molar-refractivity contribution in [3.63, 3.8) is 0 Å². The van der Waals surface area contributed by atoms with Crippen LogP contribution in [0.1, 0.15) is 39.0 Å². The number of rotatable bonds is 3. The Hall–Kier alpha value is -0.290. The molecule has 0 amide bonds. The van der Waals surface area contributed by atoms with E-state index in [2.05, 4.69) is 5.32 Å². The van der Waals surface area contributed by atoms with Crippen molar-refractivity contribution < 1.29 is 13.2 Å². The molecular weight excluding hydrogens is 217 g/mol. The molecule has 0 heterocycles. The van der Waals surface area contributed by atoms with Crippen LogP contribution in [0.2, 0.25) is 0 Å². The quantitative estimate of drug-likeness (QED) is 0.788. The van der Waals surface area contributed by atoms with Crippen LogP contribution < -0.4 is 11.1 Å². The van der Waals surface area contributed by atoms with Gasteiger partial charge in [0.05, 0.1) is 0 Å². The molecule has 0 aromatic carbocycles. The van der Waals surface area contributed by atoms with Gasteiger partial charge < -0.3 is 11.1 Å². The zero-order chi connectivity index (χ0) is 12.0. The summed E-state index contributed by atoms with van der Waals surface area (Å²) in [5, 5.41) is 2.72. The second-order valence-corrected chi connectivity index (χ2v) is 5.59. The van der Waals surface area contributed by atoms with Gasteiger partial charge in [0.1, 0.15) is 5.54 Å². The zero-order valence-corrected chi connectivity index (χ0v) is 9.53. The van der Waals surface area contributed by atoms with Crippen LogP contribution in [0.5, 0.6) is 0 Å². The molecule has 2 nitrogen and oxygen atoms in total. The summed E-state index contributed by atoms with van der Waals surface area (Å²) < 4.78 is 38.1. The summed E-state index contributed by atoms with van der Waals surface area (Å²) >= 11 is 0. The van der Waals surface area contributed by atoms with Gasteiger partial charge in [0.2, 0.25) is 0 Å². The van der Waals surface area contributed by atoms with Crippen LogP contribution in [0.4, 0.5) is 13.2 Å². The molecule has 2 aliphatic carbocycles. The Bertz CT molecular complexity index is 271. The normalized spacial score (nSPS) is 37.7. The number of hydrogen-bond acceptors (Lipinski definition) is 2. The van der Waals surface area contributed by atoms with E-state index in [1.165, 1.54) is 0 Å². The third kappa shape index (κ3) is 1.95. The van der Waals surface area contributed by atoms with Gasteiger partial charge in [-0.05, 0) is 31.1 Å². The van der Waals surface area contributed by atoms with Crippen LogP contribution in [-0.4, -0.2) is 24.3 Å². The molecule has 16 heavy (non-hydrogen) atoms. The van der Waals surface area contributed by atoms with Gasteiger partial charge in [-0.25, -0.2) is 0 Å². The molecule has 2 fully saturated rings. The Morgan fingerprint density at radius 3 is 2.31 bits per heavy atom. The summed E-state index contributed by atoms with van der Waals surface area (Å²) in [6, 6.07) is 0.0315. The van der Waals surface area contributed by atoms with Crippen molar-refractivity contribution in [2.24, 2.45) is 11.1 Å². The highest BCUT2D eigenvalue weighted by Gasteiger charge is 2.63. The fourth-order valence-corrected chi connectivity index (χ4v) is 2.54. The second-order valence-electron chi connectivity index (χ2n) is 5.59. The van der Waals surface area contributed by atoms with Crippen LogP contribution >= 0.6 is 0 Å². The second kappa shape index (κ2) is 3.60. The van der Waals surface area contributed by atoms with Crippen molar-refractivity contribution in [2.75, 3.05) is 6.54 Å². The monoisotopic (exact) mass is 236 g/mol. The van der Waals surface area contributed by atoms with Gasteiger partial charge in [-0.15, -0.1) is 0 Å². The van der Waals surface area contributed by atoms with E-state index >= 15 is 0 Å². The van der Waals surface area contributed by atoms with E-state index in [1.807, 2.05) is 6.92 Å². The van der Waals surface area contributed by atoms with E-state index in [4.69, 9.17) is 5.73 Å². The van der Waals surface area contributed by atoms with Crippen molar-refractivity contribution in [2.45, 2.75) is 56.8 Å². The first-order valence-electron chi connectivity index (χ1n) is 5.86. The Morgan fingerprint density at radius 2 is 1.94 bits per heavy atom. The minimum absolute atomic E-state index is 0.0315. The molecule has 0 radical (unpaired) electrons. The number of nitrogens with one attached hydrogen (secondary N) is 1. The third-order valence-electron chi connectivity index (χ3n) is 4.28. The summed E-state index contributed by atoms with van der Waals surface area (Å²) in [6.45, 7) is 2.37. The van der Waals surface area contributed by atoms with Crippen LogP contribution in [0.15, 0.2) is 0 Å². The maximum atomic E-state index is 12.7. The average molecular weight is 236 g/mol. The number of alkyl halides is 3. The predicted molar refractivity (Wildman–Crippen MR) is 56.0 cm³/mol. The van der Waals surface area contributed by atoms with E-state index < -0.39 is 11.7 Å². The average Bonchev–Trinajstić information content (AvgIpc) is 2.89. The fourth-order valence-electron chi connectivity index (χ4n) is 2.54. The van der Waals surface area contributed by atoms with Gasteiger partial charge in [-0.2, -0.15) is 13.2 Å². The fraction of sp³-hybridized carbons (Fsp3) is 1.00. The van der Waals surface area contributed by atoms with Crippen molar-refractivity contribution in [3.05, 3.63) is 0 Å². The first kappa shape index (κ1) is 12.2. The van der Waals surface area contributed by atoms with Crippen LogP contribution in [0.25, 0.3) is 0 Å². The van der Waals surface area contributed by atoms with E-state index in [-0.39, 0.29) is 24.3 Å². The minimum atomic E-state index is -4.12. The Morgan fingerprint density at radius 1 is 1.31 bits per heavy atom. The van der Waals surface area contributed by atoms with Crippen LogP contribution in [0, 0.1) is 5.41 Å².